The number of hydrogen-bond donors (Lipinski definition) is 1. The fourth-order valence-electron chi connectivity index (χ4n) is 1.95. The molecular weight excluding hydrogens is 208 g/mol. The number of likely N-dealkylation sites (tertiary alicyclic amines) is 1. The number of aliphatic hydroxyl groups is 1. The third-order valence-electron chi connectivity index (χ3n) is 2.79. The highest BCUT2D eigenvalue weighted by Gasteiger charge is 2.21. The fraction of sp³-hybridized carbons (Fsp3) is 0.545. The summed E-state index contributed by atoms with van der Waals surface area (Å²) in [4.78, 5) is 3.58. The molecule has 1 aromatic heterocycles. The molecule has 1 atom stereocenters. The third-order valence-corrected chi connectivity index (χ3v) is 3.71. The zero-order valence-electron chi connectivity index (χ0n) is 8.52. The number of aliphatic hydroxyl groups excluding tert-OH is 1. The minimum atomic E-state index is 0.296. The third kappa shape index (κ3) is 2.57. The monoisotopic (exact) mass is 222 g/mol. The van der Waals surface area contributed by atoms with Gasteiger partial charge in [0.1, 0.15) is 6.07 Å². The van der Waals surface area contributed by atoms with Crippen molar-refractivity contribution < 1.29 is 5.11 Å². The average Bonchev–Trinajstić information content (AvgIpc) is 2.87. The first kappa shape index (κ1) is 10.6. The van der Waals surface area contributed by atoms with Crippen LogP contribution in [0.3, 0.4) is 0 Å². The van der Waals surface area contributed by atoms with E-state index < -0.39 is 0 Å². The molecule has 1 saturated heterocycles. The molecule has 15 heavy (non-hydrogen) atoms. The topological polar surface area (TPSA) is 47.3 Å². The van der Waals surface area contributed by atoms with Crippen LogP contribution in [0.15, 0.2) is 11.4 Å². The molecule has 4 heteroatoms. The molecule has 2 heterocycles. The lowest BCUT2D eigenvalue weighted by Crippen LogP contribution is -2.20. The Bertz CT molecular complexity index is 369. The summed E-state index contributed by atoms with van der Waals surface area (Å²) in [5, 5.41) is 19.6. The first-order valence-electron chi connectivity index (χ1n) is 5.12. The second-order valence-electron chi connectivity index (χ2n) is 3.99. The smallest absolute Gasteiger partial charge is 0.100 e. The molecule has 1 aliphatic heterocycles. The predicted octanol–water partition coefficient (Wildman–Crippen LogP) is 1.43. The fourth-order valence-corrected chi connectivity index (χ4v) is 2.80. The van der Waals surface area contributed by atoms with E-state index in [9.17, 15) is 0 Å². The number of nitriles is 1. The normalized spacial score (nSPS) is 21.7. The lowest BCUT2D eigenvalue weighted by atomic mass is 10.1. The Hall–Kier alpha value is -0.890. The van der Waals surface area contributed by atoms with Gasteiger partial charge in [-0.2, -0.15) is 5.26 Å². The Morgan fingerprint density at radius 2 is 2.53 bits per heavy atom. The van der Waals surface area contributed by atoms with Crippen molar-refractivity contribution in [1.82, 2.24) is 4.90 Å². The van der Waals surface area contributed by atoms with Crippen molar-refractivity contribution in [2.45, 2.75) is 13.0 Å². The zero-order chi connectivity index (χ0) is 10.7. The molecule has 0 amide bonds. The predicted molar refractivity (Wildman–Crippen MR) is 59.5 cm³/mol. The van der Waals surface area contributed by atoms with Gasteiger partial charge in [0, 0.05) is 30.0 Å². The molecule has 1 aliphatic rings. The van der Waals surface area contributed by atoms with Crippen molar-refractivity contribution in [2.24, 2.45) is 5.92 Å². The van der Waals surface area contributed by atoms with E-state index in [1.807, 2.05) is 11.4 Å². The van der Waals surface area contributed by atoms with Crippen LogP contribution in [0.4, 0.5) is 0 Å². The Labute approximate surface area is 93.6 Å². The second-order valence-corrected chi connectivity index (χ2v) is 4.98. The van der Waals surface area contributed by atoms with E-state index in [1.54, 1.807) is 11.3 Å². The van der Waals surface area contributed by atoms with Gasteiger partial charge in [0.05, 0.1) is 5.56 Å². The van der Waals surface area contributed by atoms with Gasteiger partial charge in [-0.05, 0) is 24.9 Å². The summed E-state index contributed by atoms with van der Waals surface area (Å²) in [6.07, 6.45) is 1.09. The summed E-state index contributed by atoms with van der Waals surface area (Å²) in [6, 6.07) is 4.10. The van der Waals surface area contributed by atoms with Crippen LogP contribution >= 0.6 is 11.3 Å². The molecule has 0 aliphatic carbocycles. The quantitative estimate of drug-likeness (QED) is 0.841. The second kappa shape index (κ2) is 4.75. The van der Waals surface area contributed by atoms with Gasteiger partial charge in [-0.15, -0.1) is 11.3 Å². The molecule has 1 fully saturated rings. The molecule has 0 bridgehead atoms. The Morgan fingerprint density at radius 3 is 3.13 bits per heavy atom. The van der Waals surface area contributed by atoms with Gasteiger partial charge in [-0.1, -0.05) is 0 Å². The molecule has 80 valence electrons. The average molecular weight is 222 g/mol. The van der Waals surface area contributed by atoms with Crippen LogP contribution in [-0.2, 0) is 6.54 Å². The molecule has 1 N–H and O–H groups in total. The summed E-state index contributed by atoms with van der Waals surface area (Å²) >= 11 is 1.64. The highest BCUT2D eigenvalue weighted by Crippen LogP contribution is 2.21. The van der Waals surface area contributed by atoms with Crippen molar-refractivity contribution in [3.8, 4) is 6.07 Å². The van der Waals surface area contributed by atoms with E-state index in [0.29, 0.717) is 12.5 Å². The molecule has 0 spiro atoms. The van der Waals surface area contributed by atoms with E-state index in [0.717, 1.165) is 31.6 Å². The van der Waals surface area contributed by atoms with Crippen LogP contribution in [0, 0.1) is 17.2 Å². The van der Waals surface area contributed by atoms with Crippen LogP contribution in [0.5, 0.6) is 0 Å². The summed E-state index contributed by atoms with van der Waals surface area (Å²) in [5.41, 5.74) is 0.757. The van der Waals surface area contributed by atoms with E-state index in [-0.39, 0.29) is 0 Å². The highest BCUT2D eigenvalue weighted by atomic mass is 32.1. The van der Waals surface area contributed by atoms with Crippen molar-refractivity contribution in [2.75, 3.05) is 19.7 Å². The van der Waals surface area contributed by atoms with Gasteiger partial charge < -0.3 is 5.11 Å². The maximum atomic E-state index is 9.02. The Morgan fingerprint density at radius 1 is 1.67 bits per heavy atom. The molecule has 0 aromatic carbocycles. The zero-order valence-corrected chi connectivity index (χ0v) is 9.33. The Kier molecular flexibility index (Phi) is 3.37. The number of hydrogen-bond acceptors (Lipinski definition) is 4. The molecule has 0 saturated carbocycles. The minimum Gasteiger partial charge on any atom is -0.396 e. The molecule has 0 radical (unpaired) electrons. The van der Waals surface area contributed by atoms with Crippen molar-refractivity contribution in [3.63, 3.8) is 0 Å². The van der Waals surface area contributed by atoms with E-state index >= 15 is 0 Å². The van der Waals surface area contributed by atoms with Crippen molar-refractivity contribution in [1.29, 1.82) is 5.26 Å². The van der Waals surface area contributed by atoms with Gasteiger partial charge in [0.15, 0.2) is 0 Å². The van der Waals surface area contributed by atoms with E-state index in [2.05, 4.69) is 11.0 Å². The Balaban J connectivity index is 1.90. The van der Waals surface area contributed by atoms with Crippen LogP contribution in [0.25, 0.3) is 0 Å². The van der Waals surface area contributed by atoms with E-state index in [4.69, 9.17) is 10.4 Å². The van der Waals surface area contributed by atoms with Gasteiger partial charge in [0.25, 0.3) is 0 Å². The maximum absolute atomic E-state index is 9.02. The molecule has 1 unspecified atom stereocenters. The largest absolute Gasteiger partial charge is 0.396 e. The maximum Gasteiger partial charge on any atom is 0.100 e. The standard InChI is InChI=1S/C11H14N2OS/c12-4-10-3-11(15-8-10)6-13-2-1-9(5-13)7-14/h3,8-9,14H,1-2,5-7H2. The number of rotatable bonds is 3. The van der Waals surface area contributed by atoms with Crippen LogP contribution in [0.1, 0.15) is 16.9 Å². The van der Waals surface area contributed by atoms with E-state index in [1.165, 1.54) is 4.88 Å². The lowest BCUT2D eigenvalue weighted by Gasteiger charge is -2.13. The summed E-state index contributed by atoms with van der Waals surface area (Å²) in [5.74, 6) is 0.445. The summed E-state index contributed by atoms with van der Waals surface area (Å²) < 4.78 is 0. The first-order chi connectivity index (χ1) is 7.31. The number of nitrogens with zero attached hydrogens (tertiary/aromatic N) is 2. The first-order valence-corrected chi connectivity index (χ1v) is 6.00. The SMILES string of the molecule is N#Cc1csc(CN2CCC(CO)C2)c1. The van der Waals surface area contributed by atoms with Crippen LogP contribution < -0.4 is 0 Å². The molecular formula is C11H14N2OS. The lowest BCUT2D eigenvalue weighted by molar-refractivity contribution is 0.220. The van der Waals surface area contributed by atoms with Gasteiger partial charge in [0.2, 0.25) is 0 Å². The molecule has 3 nitrogen and oxygen atoms in total. The van der Waals surface area contributed by atoms with Gasteiger partial charge >= 0.3 is 0 Å². The van der Waals surface area contributed by atoms with Crippen molar-refractivity contribution in [3.05, 3.63) is 21.9 Å². The minimum absolute atomic E-state index is 0.296. The molecule has 1 aromatic rings. The highest BCUT2D eigenvalue weighted by molar-refractivity contribution is 7.10. The van der Waals surface area contributed by atoms with Crippen molar-refractivity contribution >= 4 is 11.3 Å². The van der Waals surface area contributed by atoms with Gasteiger partial charge in [-0.25, -0.2) is 0 Å². The van der Waals surface area contributed by atoms with Crippen LogP contribution in [-0.4, -0.2) is 29.7 Å². The summed E-state index contributed by atoms with van der Waals surface area (Å²) in [6.45, 7) is 3.26. The summed E-state index contributed by atoms with van der Waals surface area (Å²) in [7, 11) is 0. The van der Waals surface area contributed by atoms with Gasteiger partial charge in [-0.3, -0.25) is 4.90 Å². The molecule has 2 rings (SSSR count). The number of thiophene rings is 1. The van der Waals surface area contributed by atoms with Crippen LogP contribution in [0.2, 0.25) is 0 Å².